The standard InChI is InChI=1S/C23H22N4O4S2/c28-22(29)19-14-32-23(24-19)27-20-13-16(26-33(30,31)17-9-5-2-6-10-17)11-12-18(20)21(25-27)15-7-3-1-4-8-15/h1,3-4,7-8,11-14,17,26H,2,5-6,9-10H2,(H,28,29). The number of rotatable bonds is 6. The lowest BCUT2D eigenvalue weighted by Gasteiger charge is -2.22. The Bertz CT molecular complexity index is 1420. The smallest absolute Gasteiger partial charge is 0.355 e. The number of carbonyl (C=O) groups is 1. The molecule has 1 fully saturated rings. The number of sulfonamides is 1. The maximum absolute atomic E-state index is 12.9. The van der Waals surface area contributed by atoms with Gasteiger partial charge in [0.25, 0.3) is 0 Å². The number of hydrogen-bond donors (Lipinski definition) is 2. The minimum Gasteiger partial charge on any atom is -0.476 e. The molecular formula is C23H22N4O4S2. The van der Waals surface area contributed by atoms with Crippen molar-refractivity contribution in [2.24, 2.45) is 0 Å². The van der Waals surface area contributed by atoms with E-state index in [1.807, 2.05) is 36.4 Å². The average molecular weight is 483 g/mol. The molecule has 2 heterocycles. The number of thiazole rings is 1. The number of benzene rings is 2. The number of carboxylic acids is 1. The number of nitrogens with zero attached hydrogens (tertiary/aromatic N) is 3. The topological polar surface area (TPSA) is 114 Å². The molecule has 1 aliphatic carbocycles. The molecule has 1 aliphatic rings. The van der Waals surface area contributed by atoms with Crippen molar-refractivity contribution in [3.05, 3.63) is 59.6 Å². The third kappa shape index (κ3) is 4.23. The summed E-state index contributed by atoms with van der Waals surface area (Å²) in [4.78, 5) is 15.5. The highest BCUT2D eigenvalue weighted by atomic mass is 32.2. The van der Waals surface area contributed by atoms with E-state index in [9.17, 15) is 18.3 Å². The van der Waals surface area contributed by atoms with E-state index >= 15 is 0 Å². The van der Waals surface area contributed by atoms with Crippen LogP contribution in [0.1, 0.15) is 42.6 Å². The summed E-state index contributed by atoms with van der Waals surface area (Å²) in [5.41, 5.74) is 2.63. The summed E-state index contributed by atoms with van der Waals surface area (Å²) in [6, 6.07) is 14.9. The first-order valence-electron chi connectivity index (χ1n) is 10.7. The quantitative estimate of drug-likeness (QED) is 0.403. The Morgan fingerprint density at radius 2 is 1.85 bits per heavy atom. The predicted octanol–water partition coefficient (Wildman–Crippen LogP) is 4.92. The van der Waals surface area contributed by atoms with Crippen LogP contribution in [0.4, 0.5) is 5.69 Å². The fraction of sp³-hybridized carbons (Fsp3) is 0.261. The molecule has 10 heteroatoms. The SMILES string of the molecule is O=C(O)c1csc(-n2nc(-c3ccccc3)c3ccc(NS(=O)(=O)C4CCCCC4)cc32)n1. The van der Waals surface area contributed by atoms with Crippen molar-refractivity contribution in [2.75, 3.05) is 4.72 Å². The van der Waals surface area contributed by atoms with Crippen molar-refractivity contribution >= 4 is 43.9 Å². The zero-order valence-corrected chi connectivity index (χ0v) is 19.3. The molecule has 0 spiro atoms. The van der Waals surface area contributed by atoms with Crippen LogP contribution >= 0.6 is 11.3 Å². The Kier molecular flexibility index (Phi) is 5.63. The lowest BCUT2D eigenvalue weighted by atomic mass is 10.0. The van der Waals surface area contributed by atoms with Gasteiger partial charge >= 0.3 is 5.97 Å². The second kappa shape index (κ2) is 8.60. The fourth-order valence-corrected chi connectivity index (χ4v) is 6.55. The van der Waals surface area contributed by atoms with Gasteiger partial charge in [0, 0.05) is 16.3 Å². The third-order valence-electron chi connectivity index (χ3n) is 5.87. The van der Waals surface area contributed by atoms with Gasteiger partial charge in [-0.05, 0) is 31.0 Å². The molecule has 5 rings (SSSR count). The van der Waals surface area contributed by atoms with Crippen LogP contribution in [-0.2, 0) is 10.0 Å². The molecule has 0 unspecified atom stereocenters. The van der Waals surface area contributed by atoms with Crippen molar-refractivity contribution in [3.63, 3.8) is 0 Å². The second-order valence-electron chi connectivity index (χ2n) is 8.09. The summed E-state index contributed by atoms with van der Waals surface area (Å²) in [7, 11) is -3.51. The molecule has 0 aliphatic heterocycles. The van der Waals surface area contributed by atoms with Gasteiger partial charge in [0.05, 0.1) is 16.5 Å². The molecule has 2 N–H and O–H groups in total. The monoisotopic (exact) mass is 482 g/mol. The molecule has 0 bridgehead atoms. The highest BCUT2D eigenvalue weighted by Gasteiger charge is 2.27. The van der Waals surface area contributed by atoms with E-state index in [1.54, 1.807) is 16.8 Å². The predicted molar refractivity (Wildman–Crippen MR) is 129 cm³/mol. The Morgan fingerprint density at radius 1 is 1.09 bits per heavy atom. The molecule has 2 aromatic heterocycles. The third-order valence-corrected chi connectivity index (χ3v) is 8.56. The van der Waals surface area contributed by atoms with Crippen LogP contribution in [0.3, 0.4) is 0 Å². The molecule has 2 aromatic carbocycles. The number of carboxylic acid groups (broad SMARTS) is 1. The molecule has 0 amide bonds. The molecule has 0 saturated heterocycles. The number of fused-ring (bicyclic) bond motifs is 1. The van der Waals surface area contributed by atoms with Crippen LogP contribution in [-0.4, -0.2) is 39.5 Å². The van der Waals surface area contributed by atoms with E-state index in [1.165, 1.54) is 16.7 Å². The van der Waals surface area contributed by atoms with Crippen molar-refractivity contribution in [1.82, 2.24) is 14.8 Å². The molecular weight excluding hydrogens is 460 g/mol. The highest BCUT2D eigenvalue weighted by Crippen LogP contribution is 2.33. The Labute approximate surface area is 195 Å². The first-order valence-corrected chi connectivity index (χ1v) is 13.1. The summed E-state index contributed by atoms with van der Waals surface area (Å²) in [6.07, 6.45) is 4.27. The van der Waals surface area contributed by atoms with Gasteiger partial charge in [-0.3, -0.25) is 4.72 Å². The van der Waals surface area contributed by atoms with Crippen molar-refractivity contribution in [2.45, 2.75) is 37.4 Å². The molecule has 4 aromatic rings. The van der Waals surface area contributed by atoms with Gasteiger partial charge in [0.15, 0.2) is 5.69 Å². The average Bonchev–Trinajstić information content (AvgIpc) is 3.45. The molecule has 0 atom stereocenters. The van der Waals surface area contributed by atoms with E-state index in [2.05, 4.69) is 9.71 Å². The van der Waals surface area contributed by atoms with Gasteiger partial charge in [0.1, 0.15) is 5.69 Å². The number of hydrogen-bond acceptors (Lipinski definition) is 6. The maximum Gasteiger partial charge on any atom is 0.355 e. The largest absolute Gasteiger partial charge is 0.476 e. The first-order chi connectivity index (χ1) is 15.9. The number of aromatic carboxylic acids is 1. The lowest BCUT2D eigenvalue weighted by Crippen LogP contribution is -2.29. The first kappa shape index (κ1) is 21.6. The van der Waals surface area contributed by atoms with Gasteiger partial charge in [-0.2, -0.15) is 5.10 Å². The number of aromatic nitrogens is 3. The zero-order valence-electron chi connectivity index (χ0n) is 17.6. The highest BCUT2D eigenvalue weighted by molar-refractivity contribution is 7.93. The Morgan fingerprint density at radius 3 is 2.55 bits per heavy atom. The van der Waals surface area contributed by atoms with Gasteiger partial charge in [-0.15, -0.1) is 11.3 Å². The number of nitrogens with one attached hydrogen (secondary N) is 1. The summed E-state index contributed by atoms with van der Waals surface area (Å²) in [6.45, 7) is 0. The molecule has 8 nitrogen and oxygen atoms in total. The van der Waals surface area contributed by atoms with E-state index in [4.69, 9.17) is 5.10 Å². The molecule has 33 heavy (non-hydrogen) atoms. The maximum atomic E-state index is 12.9. The van der Waals surface area contributed by atoms with E-state index in [0.29, 0.717) is 34.9 Å². The summed E-state index contributed by atoms with van der Waals surface area (Å²) in [5, 5.41) is 16.3. The van der Waals surface area contributed by atoms with Gasteiger partial charge in [-0.1, -0.05) is 49.6 Å². The summed E-state index contributed by atoms with van der Waals surface area (Å²) < 4.78 is 30.2. The van der Waals surface area contributed by atoms with Gasteiger partial charge in [-0.25, -0.2) is 22.9 Å². The molecule has 0 radical (unpaired) electrons. The van der Waals surface area contributed by atoms with Crippen molar-refractivity contribution in [3.8, 4) is 16.4 Å². The van der Waals surface area contributed by atoms with Crippen LogP contribution in [0.2, 0.25) is 0 Å². The van der Waals surface area contributed by atoms with E-state index in [0.717, 1.165) is 30.2 Å². The second-order valence-corrected chi connectivity index (χ2v) is 10.9. The van der Waals surface area contributed by atoms with Crippen LogP contribution < -0.4 is 4.72 Å². The zero-order chi connectivity index (χ0) is 23.0. The lowest BCUT2D eigenvalue weighted by molar-refractivity contribution is 0.0691. The molecule has 170 valence electrons. The van der Waals surface area contributed by atoms with Crippen molar-refractivity contribution < 1.29 is 18.3 Å². The number of anilines is 1. The fourth-order valence-electron chi connectivity index (χ4n) is 4.22. The van der Waals surface area contributed by atoms with Crippen LogP contribution in [0.5, 0.6) is 0 Å². The van der Waals surface area contributed by atoms with Crippen LogP contribution in [0, 0.1) is 0 Å². The summed E-state index contributed by atoms with van der Waals surface area (Å²) >= 11 is 1.17. The van der Waals surface area contributed by atoms with E-state index in [-0.39, 0.29) is 10.9 Å². The van der Waals surface area contributed by atoms with Gasteiger partial charge < -0.3 is 5.11 Å². The van der Waals surface area contributed by atoms with E-state index < -0.39 is 16.0 Å². The Hall–Kier alpha value is -3.24. The summed E-state index contributed by atoms with van der Waals surface area (Å²) in [5.74, 6) is -1.11. The Balaban J connectivity index is 1.61. The minimum absolute atomic E-state index is 0.0610. The van der Waals surface area contributed by atoms with Crippen LogP contribution in [0.15, 0.2) is 53.9 Å². The van der Waals surface area contributed by atoms with Crippen molar-refractivity contribution in [1.29, 1.82) is 0 Å². The normalized spacial score (nSPS) is 15.0. The molecule has 1 saturated carbocycles. The minimum atomic E-state index is -3.51. The van der Waals surface area contributed by atoms with Crippen LogP contribution in [0.25, 0.3) is 27.3 Å². The van der Waals surface area contributed by atoms with Gasteiger partial charge in [0.2, 0.25) is 15.2 Å².